The predicted molar refractivity (Wildman–Crippen MR) is 80.1 cm³/mol. The lowest BCUT2D eigenvalue weighted by molar-refractivity contribution is 0.409. The van der Waals surface area contributed by atoms with Crippen molar-refractivity contribution in [1.29, 1.82) is 0 Å². The maximum Gasteiger partial charge on any atom is 0.240 e. The fourth-order valence-corrected chi connectivity index (χ4v) is 3.48. The van der Waals surface area contributed by atoms with Crippen molar-refractivity contribution >= 4 is 10.0 Å². The second-order valence-electron chi connectivity index (χ2n) is 5.33. The van der Waals surface area contributed by atoms with E-state index in [1.165, 1.54) is 13.2 Å². The molecule has 0 amide bonds. The van der Waals surface area contributed by atoms with Gasteiger partial charge in [0.25, 0.3) is 0 Å². The Hall–Kier alpha value is -1.11. The summed E-state index contributed by atoms with van der Waals surface area (Å²) < 4.78 is 32.4. The molecule has 1 unspecified atom stereocenters. The van der Waals surface area contributed by atoms with Gasteiger partial charge in [0.2, 0.25) is 10.0 Å². The third-order valence-electron chi connectivity index (χ3n) is 2.96. The molecule has 0 saturated carbocycles. The van der Waals surface area contributed by atoms with E-state index < -0.39 is 10.0 Å². The molecule has 0 aromatic heterocycles. The summed E-state index contributed by atoms with van der Waals surface area (Å²) in [4.78, 5) is 0.217. The molecular formula is C14H24N2O3S. The molecule has 6 heteroatoms. The molecule has 5 nitrogen and oxygen atoms in total. The zero-order chi connectivity index (χ0) is 15.3. The third kappa shape index (κ3) is 4.47. The normalized spacial score (nSPS) is 13.5. The van der Waals surface area contributed by atoms with Crippen LogP contribution in [-0.2, 0) is 16.6 Å². The predicted octanol–water partition coefficient (Wildman–Crippen LogP) is 1.87. The maximum atomic E-state index is 12.3. The molecule has 0 aliphatic carbocycles. The molecule has 1 aromatic carbocycles. The van der Waals surface area contributed by atoms with Gasteiger partial charge in [0.1, 0.15) is 5.75 Å². The van der Waals surface area contributed by atoms with Crippen LogP contribution in [0.2, 0.25) is 0 Å². The molecule has 0 heterocycles. The Labute approximate surface area is 121 Å². The fraction of sp³-hybridized carbons (Fsp3) is 0.571. The molecule has 3 N–H and O–H groups in total. The highest BCUT2D eigenvalue weighted by Crippen LogP contribution is 2.22. The summed E-state index contributed by atoms with van der Waals surface area (Å²) in [6.45, 7) is 6.22. The maximum absolute atomic E-state index is 12.3. The Morgan fingerprint density at radius 1 is 1.30 bits per heavy atom. The van der Waals surface area contributed by atoms with E-state index in [0.29, 0.717) is 17.2 Å². The molecule has 0 spiro atoms. The van der Waals surface area contributed by atoms with Crippen LogP contribution >= 0.6 is 0 Å². The molecule has 0 aliphatic heterocycles. The average Bonchev–Trinajstić information content (AvgIpc) is 2.36. The second kappa shape index (κ2) is 7.06. The molecule has 0 saturated heterocycles. The van der Waals surface area contributed by atoms with E-state index in [9.17, 15) is 8.42 Å². The number of hydrogen-bond donors (Lipinski definition) is 2. The number of ether oxygens (including phenoxy) is 1. The Bertz CT molecular complexity index is 541. The summed E-state index contributed by atoms with van der Waals surface area (Å²) in [5, 5.41) is 0. The molecule has 1 atom stereocenters. The standard InChI is InChI=1S/C14H24N2O3S/c1-10(2)7-11(3)16-20(17,18)13-5-6-14(19-4)12(8-13)9-15/h5-6,8,10-11,16H,7,9,15H2,1-4H3. The van der Waals surface area contributed by atoms with Gasteiger partial charge in [-0.25, -0.2) is 13.1 Å². The molecule has 1 rings (SSSR count). The molecule has 0 bridgehead atoms. The first-order valence-electron chi connectivity index (χ1n) is 6.69. The Morgan fingerprint density at radius 3 is 2.45 bits per heavy atom. The van der Waals surface area contributed by atoms with Gasteiger partial charge < -0.3 is 10.5 Å². The van der Waals surface area contributed by atoms with Gasteiger partial charge in [0, 0.05) is 18.2 Å². The highest BCUT2D eigenvalue weighted by molar-refractivity contribution is 7.89. The molecule has 114 valence electrons. The Morgan fingerprint density at radius 2 is 1.95 bits per heavy atom. The van der Waals surface area contributed by atoms with Crippen LogP contribution in [0.15, 0.2) is 23.1 Å². The molecule has 0 fully saturated rings. The van der Waals surface area contributed by atoms with E-state index in [4.69, 9.17) is 10.5 Å². The minimum Gasteiger partial charge on any atom is -0.496 e. The molecule has 1 aromatic rings. The second-order valence-corrected chi connectivity index (χ2v) is 7.04. The lowest BCUT2D eigenvalue weighted by Gasteiger charge is -2.17. The lowest BCUT2D eigenvalue weighted by Crippen LogP contribution is -2.33. The van der Waals surface area contributed by atoms with Gasteiger partial charge in [-0.05, 0) is 37.5 Å². The van der Waals surface area contributed by atoms with Crippen molar-refractivity contribution in [1.82, 2.24) is 4.72 Å². The third-order valence-corrected chi connectivity index (χ3v) is 4.55. The Kier molecular flexibility index (Phi) is 5.98. The minimum atomic E-state index is -3.52. The average molecular weight is 300 g/mol. The minimum absolute atomic E-state index is 0.108. The van der Waals surface area contributed by atoms with Crippen LogP contribution in [0.25, 0.3) is 0 Å². The number of sulfonamides is 1. The summed E-state index contributed by atoms with van der Waals surface area (Å²) in [5.41, 5.74) is 6.28. The number of benzene rings is 1. The fourth-order valence-electron chi connectivity index (χ4n) is 2.17. The first kappa shape index (κ1) is 16.9. The molecule has 0 aliphatic rings. The van der Waals surface area contributed by atoms with Gasteiger partial charge in [-0.1, -0.05) is 13.8 Å². The quantitative estimate of drug-likeness (QED) is 0.805. The van der Waals surface area contributed by atoms with Crippen LogP contribution in [0, 0.1) is 5.92 Å². The van der Waals surface area contributed by atoms with E-state index in [-0.39, 0.29) is 17.5 Å². The lowest BCUT2D eigenvalue weighted by atomic mass is 10.1. The van der Waals surface area contributed by atoms with Crippen molar-refractivity contribution in [3.05, 3.63) is 23.8 Å². The summed E-state index contributed by atoms with van der Waals surface area (Å²) in [6, 6.07) is 4.61. The van der Waals surface area contributed by atoms with Crippen molar-refractivity contribution in [2.45, 2.75) is 44.7 Å². The van der Waals surface area contributed by atoms with Crippen molar-refractivity contribution in [3.63, 3.8) is 0 Å². The van der Waals surface area contributed by atoms with Crippen LogP contribution in [-0.4, -0.2) is 21.6 Å². The van der Waals surface area contributed by atoms with Crippen LogP contribution in [0.5, 0.6) is 5.75 Å². The van der Waals surface area contributed by atoms with E-state index in [1.54, 1.807) is 12.1 Å². The SMILES string of the molecule is COc1ccc(S(=O)(=O)NC(C)CC(C)C)cc1CN. The smallest absolute Gasteiger partial charge is 0.240 e. The van der Waals surface area contributed by atoms with Crippen molar-refractivity contribution in [2.24, 2.45) is 11.7 Å². The number of hydrogen-bond acceptors (Lipinski definition) is 4. The number of methoxy groups -OCH3 is 1. The number of rotatable bonds is 7. The summed E-state index contributed by atoms with van der Waals surface area (Å²) in [6.07, 6.45) is 0.791. The van der Waals surface area contributed by atoms with Crippen molar-refractivity contribution in [2.75, 3.05) is 7.11 Å². The van der Waals surface area contributed by atoms with Gasteiger partial charge >= 0.3 is 0 Å². The Balaban J connectivity index is 2.98. The van der Waals surface area contributed by atoms with Crippen molar-refractivity contribution < 1.29 is 13.2 Å². The monoisotopic (exact) mass is 300 g/mol. The highest BCUT2D eigenvalue weighted by Gasteiger charge is 2.19. The zero-order valence-electron chi connectivity index (χ0n) is 12.5. The van der Waals surface area contributed by atoms with Crippen LogP contribution in [0.1, 0.15) is 32.8 Å². The first-order valence-corrected chi connectivity index (χ1v) is 8.17. The van der Waals surface area contributed by atoms with Gasteiger partial charge in [0.15, 0.2) is 0 Å². The van der Waals surface area contributed by atoms with Gasteiger partial charge in [-0.15, -0.1) is 0 Å². The molecular weight excluding hydrogens is 276 g/mol. The first-order chi connectivity index (χ1) is 9.30. The van der Waals surface area contributed by atoms with E-state index in [0.717, 1.165) is 6.42 Å². The number of nitrogens with two attached hydrogens (primary N) is 1. The van der Waals surface area contributed by atoms with E-state index in [2.05, 4.69) is 18.6 Å². The van der Waals surface area contributed by atoms with E-state index >= 15 is 0 Å². The van der Waals surface area contributed by atoms with E-state index in [1.807, 2.05) is 6.92 Å². The zero-order valence-corrected chi connectivity index (χ0v) is 13.3. The van der Waals surface area contributed by atoms with Crippen LogP contribution in [0.3, 0.4) is 0 Å². The van der Waals surface area contributed by atoms with Crippen molar-refractivity contribution in [3.8, 4) is 5.75 Å². The highest BCUT2D eigenvalue weighted by atomic mass is 32.2. The molecule has 20 heavy (non-hydrogen) atoms. The molecule has 0 radical (unpaired) electrons. The number of nitrogens with one attached hydrogen (secondary N) is 1. The van der Waals surface area contributed by atoms with Crippen LogP contribution in [0.4, 0.5) is 0 Å². The van der Waals surface area contributed by atoms with Gasteiger partial charge in [-0.3, -0.25) is 0 Å². The summed E-state index contributed by atoms with van der Waals surface area (Å²) in [5.74, 6) is 1.03. The largest absolute Gasteiger partial charge is 0.496 e. The van der Waals surface area contributed by atoms with Gasteiger partial charge in [-0.2, -0.15) is 0 Å². The summed E-state index contributed by atoms with van der Waals surface area (Å²) in [7, 11) is -1.99. The van der Waals surface area contributed by atoms with Crippen LogP contribution < -0.4 is 15.2 Å². The van der Waals surface area contributed by atoms with Gasteiger partial charge in [0.05, 0.1) is 12.0 Å². The topological polar surface area (TPSA) is 81.4 Å². The summed E-state index contributed by atoms with van der Waals surface area (Å²) >= 11 is 0.